The first-order valence-electron chi connectivity index (χ1n) is 11.7. The van der Waals surface area contributed by atoms with E-state index in [4.69, 9.17) is 24.4 Å². The van der Waals surface area contributed by atoms with E-state index in [-0.39, 0.29) is 56.2 Å². The fourth-order valence-corrected chi connectivity index (χ4v) is 6.55. The first kappa shape index (κ1) is 28.0. The van der Waals surface area contributed by atoms with Gasteiger partial charge in [0.2, 0.25) is 11.8 Å². The van der Waals surface area contributed by atoms with Gasteiger partial charge >= 0.3 is 0 Å². The van der Waals surface area contributed by atoms with E-state index >= 15 is 0 Å². The number of rotatable bonds is 8. The Kier molecular flexibility index (Phi) is 8.98. The first-order valence-corrected chi connectivity index (χ1v) is 14.1. The lowest BCUT2D eigenvalue weighted by Gasteiger charge is -2.15. The second kappa shape index (κ2) is 12.2. The van der Waals surface area contributed by atoms with E-state index in [9.17, 15) is 19.2 Å². The van der Waals surface area contributed by atoms with E-state index in [1.54, 1.807) is 12.1 Å². The highest BCUT2D eigenvalue weighted by molar-refractivity contribution is 8.29. The van der Waals surface area contributed by atoms with Crippen LogP contribution in [0.2, 0.25) is 0 Å². The highest BCUT2D eigenvalue weighted by atomic mass is 32.2. The highest BCUT2D eigenvalue weighted by Crippen LogP contribution is 2.42. The van der Waals surface area contributed by atoms with Crippen molar-refractivity contribution in [3.05, 3.63) is 69.5 Å². The van der Waals surface area contributed by atoms with E-state index in [0.29, 0.717) is 11.4 Å². The van der Waals surface area contributed by atoms with Gasteiger partial charge in [0.1, 0.15) is 8.64 Å². The van der Waals surface area contributed by atoms with Crippen molar-refractivity contribution in [1.29, 1.82) is 0 Å². The van der Waals surface area contributed by atoms with Crippen LogP contribution in [0.3, 0.4) is 0 Å². The molecule has 2 aromatic rings. The summed E-state index contributed by atoms with van der Waals surface area (Å²) in [6, 6.07) is 14.8. The summed E-state index contributed by atoms with van der Waals surface area (Å²) in [4.78, 5) is 54.1. The second-order valence-corrected chi connectivity index (χ2v) is 11.9. The Labute approximate surface area is 239 Å². The Morgan fingerprint density at radius 3 is 1.50 bits per heavy atom. The van der Waals surface area contributed by atoms with E-state index in [2.05, 4.69) is 10.6 Å². The van der Waals surface area contributed by atoms with Crippen molar-refractivity contribution < 1.29 is 19.2 Å². The lowest BCUT2D eigenvalue weighted by atomic mass is 10.2. The van der Waals surface area contributed by atoms with Crippen molar-refractivity contribution >= 4 is 91.6 Å². The third kappa shape index (κ3) is 6.68. The molecule has 0 unspecified atom stereocenters. The van der Waals surface area contributed by atoms with Gasteiger partial charge < -0.3 is 10.6 Å². The number of carbonyl (C=O) groups is 4. The number of amides is 4. The van der Waals surface area contributed by atoms with Gasteiger partial charge in [0.25, 0.3) is 11.8 Å². The summed E-state index contributed by atoms with van der Waals surface area (Å²) in [5.74, 6) is -1.36. The summed E-state index contributed by atoms with van der Waals surface area (Å²) in [5.41, 5.74) is 3.39. The Hall–Kier alpha value is -3.06. The monoisotopic (exact) mass is 584 g/mol. The molecule has 0 spiro atoms. The van der Waals surface area contributed by atoms with Gasteiger partial charge in [0, 0.05) is 37.3 Å². The Morgan fingerprint density at radius 1 is 0.737 bits per heavy atom. The van der Waals surface area contributed by atoms with Gasteiger partial charge in [-0.3, -0.25) is 29.0 Å². The largest absolute Gasteiger partial charge is 0.326 e. The molecule has 2 N–H and O–H groups in total. The van der Waals surface area contributed by atoms with Crippen LogP contribution in [0.15, 0.2) is 58.3 Å². The zero-order valence-electron chi connectivity index (χ0n) is 20.6. The van der Waals surface area contributed by atoms with E-state index in [1.807, 2.05) is 50.2 Å². The molecule has 2 heterocycles. The van der Waals surface area contributed by atoms with Gasteiger partial charge in [0.15, 0.2) is 0 Å². The Balaban J connectivity index is 1.35. The smallest absolute Gasteiger partial charge is 0.267 e. The molecule has 4 rings (SSSR count). The SMILES string of the molecule is Cc1cccc(NC(=O)CCN2C(=O)C(=C3SC(=S)N(CCC(=O)Nc4cccc(C)c4)C3=O)SC2=S)c1. The number of hydrogen-bond acceptors (Lipinski definition) is 8. The van der Waals surface area contributed by atoms with Gasteiger partial charge in [-0.2, -0.15) is 0 Å². The zero-order chi connectivity index (χ0) is 27.4. The van der Waals surface area contributed by atoms with Crippen molar-refractivity contribution in [3.8, 4) is 0 Å². The summed E-state index contributed by atoms with van der Waals surface area (Å²) in [7, 11) is 0. The molecule has 0 aromatic heterocycles. The molecule has 12 heteroatoms. The number of carbonyl (C=O) groups excluding carboxylic acids is 4. The summed E-state index contributed by atoms with van der Waals surface area (Å²) < 4.78 is 0.548. The fourth-order valence-electron chi connectivity index (χ4n) is 3.78. The minimum Gasteiger partial charge on any atom is -0.326 e. The average Bonchev–Trinajstić information content (AvgIpc) is 3.29. The van der Waals surface area contributed by atoms with Crippen LogP contribution in [0.5, 0.6) is 0 Å². The van der Waals surface area contributed by atoms with E-state index in [1.165, 1.54) is 9.80 Å². The Morgan fingerprint density at radius 2 is 1.13 bits per heavy atom. The minimum absolute atomic E-state index is 0.0463. The van der Waals surface area contributed by atoms with Crippen molar-refractivity contribution in [2.75, 3.05) is 23.7 Å². The summed E-state index contributed by atoms with van der Waals surface area (Å²) in [6.45, 7) is 4.04. The van der Waals surface area contributed by atoms with Crippen LogP contribution in [0.1, 0.15) is 24.0 Å². The molecule has 2 fully saturated rings. The average molecular weight is 585 g/mol. The number of nitrogens with zero attached hydrogens (tertiary/aromatic N) is 2. The van der Waals surface area contributed by atoms with E-state index in [0.717, 1.165) is 34.7 Å². The molecule has 2 aromatic carbocycles. The molecule has 0 saturated carbocycles. The maximum Gasteiger partial charge on any atom is 0.267 e. The van der Waals surface area contributed by atoms with Gasteiger partial charge in [-0.05, 0) is 49.2 Å². The van der Waals surface area contributed by atoms with Crippen LogP contribution in [0.25, 0.3) is 0 Å². The molecule has 0 atom stereocenters. The summed E-state index contributed by atoms with van der Waals surface area (Å²) in [6.07, 6.45) is 0.0926. The maximum absolute atomic E-state index is 13.1. The first-order chi connectivity index (χ1) is 18.1. The molecule has 2 aliphatic heterocycles. The van der Waals surface area contributed by atoms with Gasteiger partial charge in [-0.1, -0.05) is 72.2 Å². The molecular formula is C26H24N4O4S4. The zero-order valence-corrected chi connectivity index (χ0v) is 23.9. The molecule has 196 valence electrons. The molecule has 0 bridgehead atoms. The van der Waals surface area contributed by atoms with Crippen LogP contribution in [0.4, 0.5) is 11.4 Å². The number of benzene rings is 2. The topological polar surface area (TPSA) is 98.8 Å². The predicted molar refractivity (Wildman–Crippen MR) is 160 cm³/mol. The predicted octanol–water partition coefficient (Wildman–Crippen LogP) is 4.59. The van der Waals surface area contributed by atoms with Crippen molar-refractivity contribution in [2.45, 2.75) is 26.7 Å². The lowest BCUT2D eigenvalue weighted by Crippen LogP contribution is -2.33. The summed E-state index contributed by atoms with van der Waals surface area (Å²) >= 11 is 12.8. The molecule has 4 amide bonds. The number of anilines is 2. The molecule has 38 heavy (non-hydrogen) atoms. The molecule has 2 saturated heterocycles. The van der Waals surface area contributed by atoms with Crippen molar-refractivity contribution in [3.63, 3.8) is 0 Å². The number of aryl methyl sites for hydroxylation is 2. The normalized spacial score (nSPS) is 17.4. The molecule has 8 nitrogen and oxygen atoms in total. The molecule has 0 aliphatic carbocycles. The van der Waals surface area contributed by atoms with Crippen LogP contribution in [-0.4, -0.2) is 55.2 Å². The van der Waals surface area contributed by atoms with Crippen LogP contribution < -0.4 is 10.6 Å². The van der Waals surface area contributed by atoms with Crippen molar-refractivity contribution in [2.24, 2.45) is 0 Å². The van der Waals surface area contributed by atoms with Crippen LogP contribution >= 0.6 is 48.0 Å². The maximum atomic E-state index is 13.1. The van der Waals surface area contributed by atoms with Gasteiger partial charge in [-0.25, -0.2) is 0 Å². The Bertz CT molecular complexity index is 1290. The second-order valence-electron chi connectivity index (χ2n) is 8.64. The summed E-state index contributed by atoms with van der Waals surface area (Å²) in [5, 5.41) is 5.62. The quantitative estimate of drug-likeness (QED) is 0.343. The number of thiocarbonyl (C=S) groups is 2. The molecule has 2 aliphatic rings. The van der Waals surface area contributed by atoms with Gasteiger partial charge in [0.05, 0.1) is 9.81 Å². The van der Waals surface area contributed by atoms with Crippen molar-refractivity contribution in [1.82, 2.24) is 9.80 Å². The molecular weight excluding hydrogens is 561 g/mol. The van der Waals surface area contributed by atoms with E-state index < -0.39 is 11.8 Å². The number of hydrogen-bond donors (Lipinski definition) is 2. The lowest BCUT2D eigenvalue weighted by molar-refractivity contribution is -0.125. The minimum atomic E-state index is -0.430. The number of thioether (sulfide) groups is 2. The third-order valence-electron chi connectivity index (χ3n) is 5.63. The standard InChI is InChI=1S/C26H24N4O4S4/c1-15-5-3-7-17(13-15)27-19(31)9-11-29-23(33)21(37-25(29)35)22-24(34)30(26(36)38-22)12-10-20(32)28-18-8-4-6-16(2)14-18/h3-8,13-14H,9-12H2,1-2H3,(H,27,31)(H,28,32). The van der Waals surface area contributed by atoms with Gasteiger partial charge in [-0.15, -0.1) is 0 Å². The highest BCUT2D eigenvalue weighted by Gasteiger charge is 2.42. The fraction of sp³-hybridized carbons (Fsp3) is 0.231. The third-order valence-corrected chi connectivity index (χ3v) is 8.66. The van der Waals surface area contributed by atoms with Crippen LogP contribution in [-0.2, 0) is 19.2 Å². The number of nitrogens with one attached hydrogen (secondary N) is 2. The van der Waals surface area contributed by atoms with Crippen LogP contribution in [0, 0.1) is 13.8 Å². The molecule has 0 radical (unpaired) electrons.